The second-order valence-electron chi connectivity index (χ2n) is 3.31. The monoisotopic (exact) mass is 228 g/mol. The molecule has 0 saturated carbocycles. The number of fused-ring (bicyclic) bond motifs is 1. The smallest absolute Gasteiger partial charge is 0.346 e. The van der Waals surface area contributed by atoms with Gasteiger partial charge in [-0.05, 0) is 17.7 Å². The number of halogens is 3. The van der Waals surface area contributed by atoms with Crippen molar-refractivity contribution in [1.29, 1.82) is 0 Å². The number of pyridine rings is 1. The number of hydrogen-bond donors (Lipinski definition) is 1. The van der Waals surface area contributed by atoms with Gasteiger partial charge in [0.25, 0.3) is 0 Å². The lowest BCUT2D eigenvalue weighted by Gasteiger charge is -2.03. The summed E-state index contributed by atoms with van der Waals surface area (Å²) >= 11 is 0. The quantitative estimate of drug-likeness (QED) is 0.856. The van der Waals surface area contributed by atoms with Crippen LogP contribution in [0.5, 0.6) is 0 Å². The first-order valence-corrected chi connectivity index (χ1v) is 4.49. The van der Waals surface area contributed by atoms with Crippen LogP contribution in [0.4, 0.5) is 13.2 Å². The third-order valence-electron chi connectivity index (χ3n) is 2.20. The van der Waals surface area contributed by atoms with Crippen LogP contribution < -0.4 is 0 Å². The molecule has 0 aliphatic heterocycles. The molecular weight excluding hydrogens is 221 g/mol. The van der Waals surface area contributed by atoms with E-state index in [9.17, 15) is 18.0 Å². The van der Waals surface area contributed by atoms with Crippen molar-refractivity contribution in [1.82, 2.24) is 9.97 Å². The molecule has 0 unspecified atom stereocenters. The summed E-state index contributed by atoms with van der Waals surface area (Å²) in [4.78, 5) is 17.5. The molecule has 3 nitrogen and oxygen atoms in total. The van der Waals surface area contributed by atoms with Gasteiger partial charge in [-0.1, -0.05) is 0 Å². The Morgan fingerprint density at radius 2 is 2.19 bits per heavy atom. The van der Waals surface area contributed by atoms with Crippen molar-refractivity contribution in [3.8, 4) is 0 Å². The predicted molar refractivity (Wildman–Crippen MR) is 50.9 cm³/mol. The topological polar surface area (TPSA) is 45.8 Å². The Hall–Kier alpha value is -1.85. The van der Waals surface area contributed by atoms with E-state index in [1.54, 1.807) is 12.1 Å². The van der Waals surface area contributed by atoms with Crippen molar-refractivity contribution in [2.75, 3.05) is 0 Å². The van der Waals surface area contributed by atoms with Crippen LogP contribution in [0.1, 0.15) is 5.56 Å². The molecule has 0 saturated heterocycles. The van der Waals surface area contributed by atoms with E-state index in [1.165, 1.54) is 12.4 Å². The Balaban J connectivity index is 2.32. The molecule has 2 aromatic rings. The predicted octanol–water partition coefficient (Wildman–Crippen LogP) is 2.24. The van der Waals surface area contributed by atoms with E-state index in [-0.39, 0.29) is 0 Å². The minimum atomic E-state index is -4.79. The van der Waals surface area contributed by atoms with Crippen molar-refractivity contribution < 1.29 is 18.0 Å². The number of H-pyrrole nitrogens is 1. The van der Waals surface area contributed by atoms with Crippen LogP contribution in [0, 0.1) is 0 Å². The molecule has 0 aliphatic rings. The number of carbonyl (C=O) groups is 1. The van der Waals surface area contributed by atoms with E-state index in [0.717, 1.165) is 0 Å². The van der Waals surface area contributed by atoms with Gasteiger partial charge in [-0.15, -0.1) is 0 Å². The molecule has 2 aromatic heterocycles. The number of carbonyl (C=O) groups excluding carboxylic acids is 1. The third-order valence-corrected chi connectivity index (χ3v) is 2.20. The first-order chi connectivity index (χ1) is 7.48. The van der Waals surface area contributed by atoms with Gasteiger partial charge >= 0.3 is 6.18 Å². The van der Waals surface area contributed by atoms with Gasteiger partial charge in [0.2, 0.25) is 5.78 Å². The van der Waals surface area contributed by atoms with E-state index in [1.807, 2.05) is 0 Å². The van der Waals surface area contributed by atoms with Gasteiger partial charge in [0.1, 0.15) is 5.65 Å². The number of nitrogens with one attached hydrogen (secondary N) is 1. The Labute approximate surface area is 88.3 Å². The zero-order valence-electron chi connectivity index (χ0n) is 8.01. The van der Waals surface area contributed by atoms with Crippen molar-refractivity contribution in [3.05, 3.63) is 30.1 Å². The van der Waals surface area contributed by atoms with E-state index < -0.39 is 18.4 Å². The Morgan fingerprint density at radius 1 is 1.44 bits per heavy atom. The molecule has 2 rings (SSSR count). The second kappa shape index (κ2) is 3.62. The van der Waals surface area contributed by atoms with Gasteiger partial charge in [0, 0.05) is 24.2 Å². The number of Topliss-reactive ketones (excluding diaryl/α,β-unsaturated/α-hetero) is 1. The molecule has 0 spiro atoms. The number of ketones is 1. The molecule has 0 amide bonds. The van der Waals surface area contributed by atoms with Crippen LogP contribution in [-0.2, 0) is 11.2 Å². The Bertz CT molecular complexity index is 530. The van der Waals surface area contributed by atoms with E-state index in [0.29, 0.717) is 16.6 Å². The largest absolute Gasteiger partial charge is 0.450 e. The Morgan fingerprint density at radius 3 is 2.88 bits per heavy atom. The molecule has 6 heteroatoms. The van der Waals surface area contributed by atoms with E-state index in [4.69, 9.17) is 0 Å². The molecule has 2 heterocycles. The van der Waals surface area contributed by atoms with Crippen molar-refractivity contribution >= 4 is 16.8 Å². The van der Waals surface area contributed by atoms with Crippen LogP contribution in [-0.4, -0.2) is 21.9 Å². The van der Waals surface area contributed by atoms with Crippen molar-refractivity contribution in [2.45, 2.75) is 12.6 Å². The normalized spacial score (nSPS) is 11.9. The summed E-state index contributed by atoms with van der Waals surface area (Å²) in [5.74, 6) is -1.75. The zero-order valence-corrected chi connectivity index (χ0v) is 8.01. The summed E-state index contributed by atoms with van der Waals surface area (Å²) in [7, 11) is 0. The minimum absolute atomic E-state index is 0.311. The average molecular weight is 228 g/mol. The van der Waals surface area contributed by atoms with Crippen LogP contribution in [0.3, 0.4) is 0 Å². The summed E-state index contributed by atoms with van der Waals surface area (Å²) in [6.07, 6.45) is -2.55. The lowest BCUT2D eigenvalue weighted by molar-refractivity contribution is -0.170. The summed E-state index contributed by atoms with van der Waals surface area (Å²) in [5, 5.41) is 0.542. The summed E-state index contributed by atoms with van der Waals surface area (Å²) in [5.41, 5.74) is 0.790. The third kappa shape index (κ3) is 1.91. The number of aromatic nitrogens is 2. The standard InChI is InChI=1S/C10H7F3N2O/c11-10(12,13)8(16)4-6-5-15-9-7(6)2-1-3-14-9/h1-3,5H,4H2,(H,14,15). The molecular formula is C10H7F3N2O. The van der Waals surface area contributed by atoms with Gasteiger partial charge in [-0.3, -0.25) is 4.79 Å². The molecule has 0 bridgehead atoms. The summed E-state index contributed by atoms with van der Waals surface area (Å²) in [6, 6.07) is 3.23. The molecule has 16 heavy (non-hydrogen) atoms. The second-order valence-corrected chi connectivity index (χ2v) is 3.31. The van der Waals surface area contributed by atoms with Gasteiger partial charge in [-0.25, -0.2) is 4.98 Å². The summed E-state index contributed by atoms with van der Waals surface area (Å²) in [6.45, 7) is 0. The zero-order chi connectivity index (χ0) is 11.8. The highest BCUT2D eigenvalue weighted by atomic mass is 19.4. The molecule has 1 N–H and O–H groups in total. The van der Waals surface area contributed by atoms with Gasteiger partial charge in [0.15, 0.2) is 0 Å². The molecule has 0 aromatic carbocycles. The average Bonchev–Trinajstić information content (AvgIpc) is 2.61. The molecule has 0 atom stereocenters. The van der Waals surface area contributed by atoms with Gasteiger partial charge in [0.05, 0.1) is 0 Å². The fraction of sp³-hybridized carbons (Fsp3) is 0.200. The fourth-order valence-corrected chi connectivity index (χ4v) is 1.43. The molecule has 0 aliphatic carbocycles. The number of hydrogen-bond acceptors (Lipinski definition) is 2. The molecule has 0 fully saturated rings. The van der Waals surface area contributed by atoms with Crippen LogP contribution in [0.15, 0.2) is 24.5 Å². The highest BCUT2D eigenvalue weighted by Gasteiger charge is 2.38. The minimum Gasteiger partial charge on any atom is -0.346 e. The fourth-order valence-electron chi connectivity index (χ4n) is 1.43. The van der Waals surface area contributed by atoms with Crippen molar-refractivity contribution in [2.24, 2.45) is 0 Å². The summed E-state index contributed by atoms with van der Waals surface area (Å²) < 4.78 is 36.2. The lowest BCUT2D eigenvalue weighted by atomic mass is 10.1. The number of alkyl halides is 3. The van der Waals surface area contributed by atoms with Crippen molar-refractivity contribution in [3.63, 3.8) is 0 Å². The van der Waals surface area contributed by atoms with Crippen LogP contribution in [0.2, 0.25) is 0 Å². The maximum atomic E-state index is 12.1. The van der Waals surface area contributed by atoms with E-state index >= 15 is 0 Å². The van der Waals surface area contributed by atoms with Gasteiger partial charge in [-0.2, -0.15) is 13.2 Å². The first-order valence-electron chi connectivity index (χ1n) is 4.49. The number of rotatable bonds is 2. The maximum absolute atomic E-state index is 12.1. The highest BCUT2D eigenvalue weighted by Crippen LogP contribution is 2.22. The first kappa shape index (κ1) is 10.7. The van der Waals surface area contributed by atoms with E-state index in [2.05, 4.69) is 9.97 Å². The Kier molecular flexibility index (Phi) is 2.41. The highest BCUT2D eigenvalue weighted by molar-refractivity contribution is 5.90. The SMILES string of the molecule is O=C(Cc1c[nH]c2ncccc12)C(F)(F)F. The lowest BCUT2D eigenvalue weighted by Crippen LogP contribution is -2.24. The maximum Gasteiger partial charge on any atom is 0.450 e. The molecule has 0 radical (unpaired) electrons. The van der Waals surface area contributed by atoms with Crippen LogP contribution >= 0.6 is 0 Å². The number of nitrogens with zero attached hydrogens (tertiary/aromatic N) is 1. The van der Waals surface area contributed by atoms with Gasteiger partial charge < -0.3 is 4.98 Å². The molecule has 84 valence electrons. The van der Waals surface area contributed by atoms with Crippen LogP contribution in [0.25, 0.3) is 11.0 Å². The number of aromatic amines is 1.